The number of nitrogens with two attached hydrogens (primary N) is 1. The van der Waals surface area contributed by atoms with Gasteiger partial charge in [0.2, 0.25) is 5.91 Å². The maximum Gasteiger partial charge on any atom is 0.251 e. The minimum Gasteiger partial charge on any atom is -0.366 e. The van der Waals surface area contributed by atoms with E-state index in [4.69, 9.17) is 5.73 Å². The third-order valence-electron chi connectivity index (χ3n) is 3.56. The molecule has 0 radical (unpaired) electrons. The Balaban J connectivity index is 1.99. The maximum atomic E-state index is 13.1. The Morgan fingerprint density at radius 2 is 1.88 bits per heavy atom. The average Bonchev–Trinajstić information content (AvgIpc) is 2.97. The molecule has 1 aromatic carbocycles. The lowest BCUT2D eigenvalue weighted by Gasteiger charge is -2.22. The van der Waals surface area contributed by atoms with Crippen molar-refractivity contribution in [1.29, 1.82) is 0 Å². The van der Waals surface area contributed by atoms with Crippen molar-refractivity contribution in [1.82, 2.24) is 5.32 Å². The topological polar surface area (TPSA) is 84.2 Å². The molecule has 1 aromatic heterocycles. The van der Waals surface area contributed by atoms with Crippen LogP contribution in [-0.2, 0) is 4.79 Å². The molecule has 1 atom stereocenters. The van der Waals surface area contributed by atoms with Gasteiger partial charge in [0.25, 0.3) is 5.91 Å². The van der Waals surface area contributed by atoms with E-state index in [-0.39, 0.29) is 30.2 Å². The van der Waals surface area contributed by atoms with E-state index in [1.807, 2.05) is 13.8 Å². The van der Waals surface area contributed by atoms with Gasteiger partial charge in [-0.15, -0.1) is 11.3 Å². The van der Waals surface area contributed by atoms with Gasteiger partial charge >= 0.3 is 0 Å². The molecule has 0 saturated heterocycles. The molecule has 2 aromatic rings. The summed E-state index contributed by atoms with van der Waals surface area (Å²) in [6.07, 6.45) is 0. The van der Waals surface area contributed by atoms with Crippen LogP contribution in [0.15, 0.2) is 35.7 Å². The van der Waals surface area contributed by atoms with E-state index in [1.54, 1.807) is 23.6 Å². The van der Waals surface area contributed by atoms with Gasteiger partial charge in [0.05, 0.1) is 12.1 Å². The van der Waals surface area contributed by atoms with Gasteiger partial charge in [0.1, 0.15) is 10.8 Å². The summed E-state index contributed by atoms with van der Waals surface area (Å²) in [5, 5.41) is 7.99. The van der Waals surface area contributed by atoms with Crippen molar-refractivity contribution in [3.63, 3.8) is 0 Å². The molecule has 0 bridgehead atoms. The van der Waals surface area contributed by atoms with Crippen LogP contribution in [0, 0.1) is 11.7 Å². The number of hydrogen-bond donors (Lipinski definition) is 3. The summed E-state index contributed by atoms with van der Waals surface area (Å²) in [4.78, 5) is 23.4. The number of halogens is 1. The largest absolute Gasteiger partial charge is 0.366 e. The summed E-state index contributed by atoms with van der Waals surface area (Å²) in [7, 11) is 0. The second-order valence-electron chi connectivity index (χ2n) is 5.73. The zero-order valence-corrected chi connectivity index (χ0v) is 14.3. The highest BCUT2D eigenvalue weighted by Crippen LogP contribution is 2.23. The molecule has 1 heterocycles. The molecule has 24 heavy (non-hydrogen) atoms. The lowest BCUT2D eigenvalue weighted by molar-refractivity contribution is -0.115. The van der Waals surface area contributed by atoms with Crippen LogP contribution < -0.4 is 16.4 Å². The molecule has 0 spiro atoms. The Morgan fingerprint density at radius 3 is 2.46 bits per heavy atom. The quantitative estimate of drug-likeness (QED) is 0.718. The van der Waals surface area contributed by atoms with Crippen molar-refractivity contribution < 1.29 is 14.0 Å². The van der Waals surface area contributed by atoms with E-state index in [9.17, 15) is 14.0 Å². The van der Waals surface area contributed by atoms with Crippen LogP contribution in [0.25, 0.3) is 0 Å². The summed E-state index contributed by atoms with van der Waals surface area (Å²) in [6.45, 7) is 4.10. The molecule has 2 amide bonds. The Bertz CT molecular complexity index is 713. The second kappa shape index (κ2) is 8.03. The Hall–Kier alpha value is -2.25. The second-order valence-corrected chi connectivity index (χ2v) is 6.65. The van der Waals surface area contributed by atoms with Crippen molar-refractivity contribution in [3.8, 4) is 0 Å². The van der Waals surface area contributed by atoms with Crippen LogP contribution in [-0.4, -0.2) is 18.4 Å². The van der Waals surface area contributed by atoms with E-state index in [2.05, 4.69) is 10.6 Å². The molecule has 2 rings (SSSR count). The van der Waals surface area contributed by atoms with Crippen LogP contribution in [0.3, 0.4) is 0 Å². The first-order chi connectivity index (χ1) is 11.4. The van der Waals surface area contributed by atoms with Gasteiger partial charge < -0.3 is 16.4 Å². The number of carbonyl (C=O) groups is 2. The fourth-order valence-corrected chi connectivity index (χ4v) is 3.19. The fraction of sp³-hybridized carbons (Fsp3) is 0.294. The highest BCUT2D eigenvalue weighted by atomic mass is 32.1. The van der Waals surface area contributed by atoms with E-state index in [1.165, 1.54) is 23.5 Å². The van der Waals surface area contributed by atoms with Gasteiger partial charge in [-0.25, -0.2) is 4.39 Å². The van der Waals surface area contributed by atoms with Crippen molar-refractivity contribution in [3.05, 3.63) is 52.7 Å². The van der Waals surface area contributed by atoms with E-state index < -0.39 is 5.91 Å². The third kappa shape index (κ3) is 4.62. The molecule has 4 N–H and O–H groups in total. The Kier molecular flexibility index (Phi) is 6.05. The van der Waals surface area contributed by atoms with Gasteiger partial charge in [-0.2, -0.15) is 0 Å². The Morgan fingerprint density at radius 1 is 1.21 bits per heavy atom. The van der Waals surface area contributed by atoms with E-state index in [0.717, 1.165) is 5.56 Å². The van der Waals surface area contributed by atoms with Crippen LogP contribution in [0.5, 0.6) is 0 Å². The summed E-state index contributed by atoms with van der Waals surface area (Å²) < 4.78 is 13.1. The number of rotatable bonds is 7. The van der Waals surface area contributed by atoms with Crippen LogP contribution in [0.4, 0.5) is 9.39 Å². The standard InChI is InChI=1S/C17H20FN3O2S/c1-10(2)15(11-3-5-12(18)6-4-11)20-9-14(22)21-17-13(16(19)23)7-8-24-17/h3-8,10,15,20H,9H2,1-2H3,(H2,19,23)(H,21,22)/t15-/m1/s1. The summed E-state index contributed by atoms with van der Waals surface area (Å²) >= 11 is 1.24. The number of nitrogens with one attached hydrogen (secondary N) is 2. The minimum absolute atomic E-state index is 0.0658. The average molecular weight is 349 g/mol. The smallest absolute Gasteiger partial charge is 0.251 e. The minimum atomic E-state index is -0.578. The SMILES string of the molecule is CC(C)[C@@H](NCC(=O)Nc1sccc1C(N)=O)c1ccc(F)cc1. The van der Waals surface area contributed by atoms with Crippen LogP contribution in [0.1, 0.15) is 35.8 Å². The molecule has 128 valence electrons. The first-order valence-electron chi connectivity index (χ1n) is 7.54. The fourth-order valence-electron chi connectivity index (χ4n) is 2.38. The highest BCUT2D eigenvalue weighted by molar-refractivity contribution is 7.14. The number of hydrogen-bond acceptors (Lipinski definition) is 4. The lowest BCUT2D eigenvalue weighted by Crippen LogP contribution is -2.33. The molecule has 7 heteroatoms. The van der Waals surface area contributed by atoms with Gasteiger partial charge in [0.15, 0.2) is 0 Å². The molecule has 0 unspecified atom stereocenters. The van der Waals surface area contributed by atoms with Crippen molar-refractivity contribution in [2.75, 3.05) is 11.9 Å². The first-order valence-corrected chi connectivity index (χ1v) is 8.42. The monoisotopic (exact) mass is 349 g/mol. The van der Waals surface area contributed by atoms with Crippen molar-refractivity contribution in [2.45, 2.75) is 19.9 Å². The zero-order valence-electron chi connectivity index (χ0n) is 13.5. The molecule has 0 fully saturated rings. The summed E-state index contributed by atoms with van der Waals surface area (Å²) in [5.74, 6) is -0.930. The molecular weight excluding hydrogens is 329 g/mol. The highest BCUT2D eigenvalue weighted by Gasteiger charge is 2.18. The number of benzene rings is 1. The third-order valence-corrected chi connectivity index (χ3v) is 4.39. The van der Waals surface area contributed by atoms with Crippen LogP contribution in [0.2, 0.25) is 0 Å². The normalized spacial score (nSPS) is 12.2. The van der Waals surface area contributed by atoms with E-state index >= 15 is 0 Å². The molecule has 0 saturated carbocycles. The van der Waals surface area contributed by atoms with Crippen LogP contribution >= 0.6 is 11.3 Å². The maximum absolute atomic E-state index is 13.1. The van der Waals surface area contributed by atoms with Crippen molar-refractivity contribution >= 4 is 28.2 Å². The number of anilines is 1. The first kappa shape index (κ1) is 18.1. The predicted molar refractivity (Wildman–Crippen MR) is 93.4 cm³/mol. The molecule has 0 aliphatic rings. The van der Waals surface area contributed by atoms with Gasteiger partial charge in [-0.1, -0.05) is 26.0 Å². The van der Waals surface area contributed by atoms with Gasteiger partial charge in [-0.3, -0.25) is 9.59 Å². The summed E-state index contributed by atoms with van der Waals surface area (Å²) in [6, 6.07) is 7.69. The summed E-state index contributed by atoms with van der Waals surface area (Å²) in [5.41, 5.74) is 6.46. The number of amides is 2. The number of thiophene rings is 1. The molecule has 0 aliphatic carbocycles. The number of carbonyl (C=O) groups excluding carboxylic acids is 2. The molecule has 5 nitrogen and oxygen atoms in total. The Labute approximate surface area is 144 Å². The lowest BCUT2D eigenvalue weighted by atomic mass is 9.96. The molecule has 0 aliphatic heterocycles. The van der Waals surface area contributed by atoms with Gasteiger partial charge in [0, 0.05) is 6.04 Å². The zero-order chi connectivity index (χ0) is 17.7. The van der Waals surface area contributed by atoms with Crippen molar-refractivity contribution in [2.24, 2.45) is 11.7 Å². The number of primary amides is 1. The van der Waals surface area contributed by atoms with E-state index in [0.29, 0.717) is 10.6 Å². The van der Waals surface area contributed by atoms with Gasteiger partial charge in [-0.05, 0) is 35.1 Å². The molecular formula is C17H20FN3O2S. The predicted octanol–water partition coefficient (Wildman–Crippen LogP) is 2.91.